The van der Waals surface area contributed by atoms with E-state index in [-0.39, 0.29) is 0 Å². The zero-order chi connectivity index (χ0) is 11.5. The SMILES string of the molecule is Cc1cccc(OCc2cc(N)n(C)n2)c1. The van der Waals surface area contributed by atoms with Gasteiger partial charge in [-0.05, 0) is 24.6 Å². The first-order valence-electron chi connectivity index (χ1n) is 5.13. The molecule has 0 aliphatic heterocycles. The fraction of sp³-hybridized carbons (Fsp3) is 0.250. The van der Waals surface area contributed by atoms with E-state index in [0.717, 1.165) is 11.4 Å². The summed E-state index contributed by atoms with van der Waals surface area (Å²) < 4.78 is 7.24. The molecule has 0 saturated heterocycles. The van der Waals surface area contributed by atoms with Gasteiger partial charge in [-0.15, -0.1) is 0 Å². The zero-order valence-corrected chi connectivity index (χ0v) is 9.47. The smallest absolute Gasteiger partial charge is 0.132 e. The van der Waals surface area contributed by atoms with E-state index in [4.69, 9.17) is 10.5 Å². The Morgan fingerprint density at radius 3 is 2.81 bits per heavy atom. The zero-order valence-electron chi connectivity index (χ0n) is 9.47. The molecule has 2 N–H and O–H groups in total. The number of anilines is 1. The summed E-state index contributed by atoms with van der Waals surface area (Å²) in [6.45, 7) is 2.47. The maximum Gasteiger partial charge on any atom is 0.132 e. The molecule has 4 nitrogen and oxygen atoms in total. The standard InChI is InChI=1S/C12H15N3O/c1-9-4-3-5-11(6-9)16-8-10-7-12(13)15(2)14-10/h3-7H,8,13H2,1-2H3. The summed E-state index contributed by atoms with van der Waals surface area (Å²) in [5.74, 6) is 1.49. The topological polar surface area (TPSA) is 53.1 Å². The Balaban J connectivity index is 2.02. The molecule has 84 valence electrons. The lowest BCUT2D eigenvalue weighted by atomic mass is 10.2. The van der Waals surface area contributed by atoms with Crippen LogP contribution in [0.5, 0.6) is 5.75 Å². The molecular formula is C12H15N3O. The largest absolute Gasteiger partial charge is 0.487 e. The van der Waals surface area contributed by atoms with Gasteiger partial charge in [-0.1, -0.05) is 12.1 Å². The summed E-state index contributed by atoms with van der Waals surface area (Å²) in [5, 5.41) is 4.21. The summed E-state index contributed by atoms with van der Waals surface area (Å²) >= 11 is 0. The van der Waals surface area contributed by atoms with Crippen LogP contribution in [-0.2, 0) is 13.7 Å². The second kappa shape index (κ2) is 4.26. The van der Waals surface area contributed by atoms with E-state index >= 15 is 0 Å². The lowest BCUT2D eigenvalue weighted by molar-refractivity contribution is 0.300. The van der Waals surface area contributed by atoms with Crippen LogP contribution in [0.1, 0.15) is 11.3 Å². The second-order valence-corrected chi connectivity index (χ2v) is 3.79. The first kappa shape index (κ1) is 10.5. The number of benzene rings is 1. The summed E-state index contributed by atoms with van der Waals surface area (Å²) in [5.41, 5.74) is 7.69. The van der Waals surface area contributed by atoms with Crippen molar-refractivity contribution in [3.8, 4) is 5.75 Å². The average molecular weight is 217 g/mol. The third-order valence-electron chi connectivity index (χ3n) is 2.34. The van der Waals surface area contributed by atoms with Crippen LogP contribution in [0.15, 0.2) is 30.3 Å². The molecule has 0 unspecified atom stereocenters. The Morgan fingerprint density at radius 1 is 1.38 bits per heavy atom. The summed E-state index contributed by atoms with van der Waals surface area (Å²) in [4.78, 5) is 0. The highest BCUT2D eigenvalue weighted by Crippen LogP contribution is 2.14. The van der Waals surface area contributed by atoms with E-state index in [1.807, 2.05) is 44.3 Å². The van der Waals surface area contributed by atoms with Gasteiger partial charge >= 0.3 is 0 Å². The minimum absolute atomic E-state index is 0.439. The monoisotopic (exact) mass is 217 g/mol. The molecule has 0 atom stereocenters. The number of hydrogen-bond donors (Lipinski definition) is 1. The van der Waals surface area contributed by atoms with Crippen LogP contribution in [0.4, 0.5) is 5.82 Å². The highest BCUT2D eigenvalue weighted by molar-refractivity contribution is 5.31. The number of nitrogens with two attached hydrogens (primary N) is 1. The first-order valence-corrected chi connectivity index (χ1v) is 5.13. The van der Waals surface area contributed by atoms with E-state index in [2.05, 4.69) is 5.10 Å². The molecule has 0 saturated carbocycles. The number of aromatic nitrogens is 2. The van der Waals surface area contributed by atoms with Gasteiger partial charge in [0, 0.05) is 13.1 Å². The predicted molar refractivity (Wildman–Crippen MR) is 63.1 cm³/mol. The first-order chi connectivity index (χ1) is 7.65. The van der Waals surface area contributed by atoms with E-state index in [9.17, 15) is 0 Å². The summed E-state index contributed by atoms with van der Waals surface area (Å²) in [7, 11) is 1.81. The van der Waals surface area contributed by atoms with Gasteiger partial charge in [0.25, 0.3) is 0 Å². The normalized spacial score (nSPS) is 10.4. The number of hydrogen-bond acceptors (Lipinski definition) is 3. The lowest BCUT2D eigenvalue weighted by Crippen LogP contribution is -1.99. The molecule has 2 rings (SSSR count). The molecule has 4 heteroatoms. The number of nitrogens with zero attached hydrogens (tertiary/aromatic N) is 2. The Labute approximate surface area is 94.6 Å². The van der Waals surface area contributed by atoms with Crippen LogP contribution in [0.2, 0.25) is 0 Å². The molecule has 16 heavy (non-hydrogen) atoms. The maximum absolute atomic E-state index is 5.68. The Kier molecular flexibility index (Phi) is 2.81. The van der Waals surface area contributed by atoms with E-state index < -0.39 is 0 Å². The minimum Gasteiger partial charge on any atom is -0.487 e. The number of rotatable bonds is 3. The molecule has 0 amide bonds. The maximum atomic E-state index is 5.68. The molecule has 1 heterocycles. The third-order valence-corrected chi connectivity index (χ3v) is 2.34. The third kappa shape index (κ3) is 2.34. The molecule has 0 fully saturated rings. The van der Waals surface area contributed by atoms with Crippen LogP contribution in [-0.4, -0.2) is 9.78 Å². The van der Waals surface area contributed by atoms with Gasteiger partial charge in [-0.3, -0.25) is 4.68 Å². The predicted octanol–water partition coefficient (Wildman–Crippen LogP) is 1.89. The molecule has 0 radical (unpaired) electrons. The number of nitrogen functional groups attached to an aromatic ring is 1. The quantitative estimate of drug-likeness (QED) is 0.854. The highest BCUT2D eigenvalue weighted by Gasteiger charge is 2.02. The van der Waals surface area contributed by atoms with Crippen molar-refractivity contribution in [1.29, 1.82) is 0 Å². The lowest BCUT2D eigenvalue weighted by Gasteiger charge is -2.04. The Bertz CT molecular complexity index is 471. The molecule has 0 bridgehead atoms. The van der Waals surface area contributed by atoms with Gasteiger partial charge in [0.2, 0.25) is 0 Å². The van der Waals surface area contributed by atoms with Crippen molar-refractivity contribution in [2.45, 2.75) is 13.5 Å². The van der Waals surface area contributed by atoms with Crippen molar-refractivity contribution in [1.82, 2.24) is 9.78 Å². The molecule has 0 spiro atoms. The van der Waals surface area contributed by atoms with Gasteiger partial charge in [0.1, 0.15) is 23.9 Å². The molecule has 0 aliphatic carbocycles. The Hall–Kier alpha value is -1.97. The number of ether oxygens (including phenoxy) is 1. The molecule has 0 aliphatic rings. The fourth-order valence-corrected chi connectivity index (χ4v) is 1.48. The summed E-state index contributed by atoms with van der Waals surface area (Å²) in [6, 6.07) is 9.74. The van der Waals surface area contributed by atoms with Gasteiger partial charge in [-0.2, -0.15) is 5.10 Å². The number of aryl methyl sites for hydroxylation is 2. The van der Waals surface area contributed by atoms with Crippen LogP contribution in [0.3, 0.4) is 0 Å². The molecule has 2 aromatic rings. The van der Waals surface area contributed by atoms with Crippen LogP contribution >= 0.6 is 0 Å². The Morgan fingerprint density at radius 2 is 2.19 bits per heavy atom. The van der Waals surface area contributed by atoms with Crippen LogP contribution in [0, 0.1) is 6.92 Å². The molecule has 1 aromatic heterocycles. The van der Waals surface area contributed by atoms with Crippen molar-refractivity contribution >= 4 is 5.82 Å². The van der Waals surface area contributed by atoms with Crippen LogP contribution < -0.4 is 10.5 Å². The van der Waals surface area contributed by atoms with Gasteiger partial charge in [0.05, 0.1) is 0 Å². The van der Waals surface area contributed by atoms with Crippen molar-refractivity contribution in [3.05, 3.63) is 41.6 Å². The van der Waals surface area contributed by atoms with Gasteiger partial charge in [0.15, 0.2) is 0 Å². The van der Waals surface area contributed by atoms with Crippen molar-refractivity contribution in [3.63, 3.8) is 0 Å². The fourth-order valence-electron chi connectivity index (χ4n) is 1.48. The van der Waals surface area contributed by atoms with E-state index in [1.165, 1.54) is 5.56 Å². The molecular weight excluding hydrogens is 202 g/mol. The average Bonchev–Trinajstić information content (AvgIpc) is 2.56. The van der Waals surface area contributed by atoms with Crippen molar-refractivity contribution < 1.29 is 4.74 Å². The van der Waals surface area contributed by atoms with Gasteiger partial charge < -0.3 is 10.5 Å². The van der Waals surface area contributed by atoms with Crippen molar-refractivity contribution in [2.24, 2.45) is 7.05 Å². The van der Waals surface area contributed by atoms with E-state index in [1.54, 1.807) is 4.68 Å². The van der Waals surface area contributed by atoms with Crippen molar-refractivity contribution in [2.75, 3.05) is 5.73 Å². The highest BCUT2D eigenvalue weighted by atomic mass is 16.5. The second-order valence-electron chi connectivity index (χ2n) is 3.79. The van der Waals surface area contributed by atoms with Gasteiger partial charge in [-0.25, -0.2) is 0 Å². The minimum atomic E-state index is 0.439. The van der Waals surface area contributed by atoms with E-state index in [0.29, 0.717) is 12.4 Å². The van der Waals surface area contributed by atoms with Crippen LogP contribution in [0.25, 0.3) is 0 Å². The molecule has 1 aromatic carbocycles. The summed E-state index contributed by atoms with van der Waals surface area (Å²) in [6.07, 6.45) is 0.